The van der Waals surface area contributed by atoms with E-state index in [0.29, 0.717) is 0 Å². The van der Waals surface area contributed by atoms with Crippen molar-refractivity contribution >= 4 is 21.8 Å². The normalized spacial score (nSPS) is 13.4. The number of aryl methyl sites for hydroxylation is 2. The minimum Gasteiger partial charge on any atom is -0.352 e. The van der Waals surface area contributed by atoms with E-state index in [1.807, 2.05) is 52.0 Å². The molecule has 7 nitrogen and oxygen atoms in total. The number of hydrogen-bond donors (Lipinski definition) is 1. The van der Waals surface area contributed by atoms with Crippen LogP contribution in [0.3, 0.4) is 0 Å². The van der Waals surface area contributed by atoms with E-state index < -0.39 is 22.0 Å². The summed E-state index contributed by atoms with van der Waals surface area (Å²) in [6, 6.07) is 13.3. The Kier molecular flexibility index (Phi) is 9.19. The largest absolute Gasteiger partial charge is 0.352 e. The van der Waals surface area contributed by atoms with E-state index in [0.717, 1.165) is 27.4 Å². The Labute approximate surface area is 197 Å². The predicted molar refractivity (Wildman–Crippen MR) is 130 cm³/mol. The van der Waals surface area contributed by atoms with Crippen molar-refractivity contribution in [3.05, 3.63) is 65.2 Å². The second-order valence-corrected chi connectivity index (χ2v) is 10.6. The van der Waals surface area contributed by atoms with Crippen molar-refractivity contribution in [2.45, 2.75) is 64.6 Å². The number of sulfonamides is 1. The molecule has 0 saturated carbocycles. The molecule has 0 spiro atoms. The van der Waals surface area contributed by atoms with Crippen molar-refractivity contribution in [1.29, 1.82) is 0 Å². The zero-order chi connectivity index (χ0) is 24.8. The molecule has 180 valence electrons. The molecule has 0 fully saturated rings. The van der Waals surface area contributed by atoms with Crippen LogP contribution < -0.4 is 5.32 Å². The molecule has 33 heavy (non-hydrogen) atoms. The van der Waals surface area contributed by atoms with Gasteiger partial charge in [-0.2, -0.15) is 4.31 Å². The molecule has 2 rings (SSSR count). The van der Waals surface area contributed by atoms with Gasteiger partial charge in [0.05, 0.1) is 11.4 Å². The lowest BCUT2D eigenvalue weighted by atomic mass is 10.1. The minimum atomic E-state index is -3.85. The quantitative estimate of drug-likeness (QED) is 0.574. The van der Waals surface area contributed by atoms with Gasteiger partial charge in [0, 0.05) is 19.6 Å². The zero-order valence-corrected chi connectivity index (χ0v) is 21.1. The molecule has 2 aromatic rings. The van der Waals surface area contributed by atoms with Crippen LogP contribution in [0.4, 0.5) is 0 Å². The topological polar surface area (TPSA) is 86.8 Å². The Morgan fingerprint density at radius 3 is 2.18 bits per heavy atom. The first kappa shape index (κ1) is 26.5. The van der Waals surface area contributed by atoms with Crippen LogP contribution >= 0.6 is 0 Å². The van der Waals surface area contributed by atoms with Crippen LogP contribution in [-0.4, -0.2) is 55.1 Å². The Balaban J connectivity index is 2.29. The summed E-state index contributed by atoms with van der Waals surface area (Å²) in [5.41, 5.74) is 2.83. The van der Waals surface area contributed by atoms with Gasteiger partial charge in [-0.05, 0) is 57.4 Å². The van der Waals surface area contributed by atoms with Gasteiger partial charge in [0.1, 0.15) is 6.04 Å². The maximum Gasteiger partial charge on any atom is 0.243 e. The van der Waals surface area contributed by atoms with Gasteiger partial charge >= 0.3 is 0 Å². The molecule has 2 amide bonds. The Morgan fingerprint density at radius 2 is 1.61 bits per heavy atom. The van der Waals surface area contributed by atoms with Gasteiger partial charge in [-0.1, -0.05) is 48.9 Å². The molecular formula is C25H35N3O4S. The summed E-state index contributed by atoms with van der Waals surface area (Å²) in [5.74, 6) is -0.710. The van der Waals surface area contributed by atoms with Gasteiger partial charge in [0.15, 0.2) is 0 Å². The number of nitrogens with zero attached hydrogens (tertiary/aromatic N) is 2. The van der Waals surface area contributed by atoms with E-state index in [1.54, 1.807) is 19.1 Å². The molecule has 0 aliphatic carbocycles. The second-order valence-electron chi connectivity index (χ2n) is 8.52. The number of carbonyl (C=O) groups is 2. The van der Waals surface area contributed by atoms with Gasteiger partial charge in [-0.25, -0.2) is 8.42 Å². The number of benzene rings is 2. The second kappa shape index (κ2) is 11.4. The maximum atomic E-state index is 13.3. The summed E-state index contributed by atoms with van der Waals surface area (Å²) in [6.07, 6.45) is 0.766. The van der Waals surface area contributed by atoms with E-state index in [-0.39, 0.29) is 29.9 Å². The highest BCUT2D eigenvalue weighted by atomic mass is 32.2. The summed E-state index contributed by atoms with van der Waals surface area (Å²) < 4.78 is 27.0. The number of amides is 2. The standard InChI is InChI=1S/C25H35N3O4S/c1-7-20(4)26-25(30)21(5)28(16-22-11-9-8-10-19(22)3)24(29)17-27(6)33(31,32)23-14-12-18(2)13-15-23/h8-15,20-21H,7,16-17H2,1-6H3,(H,26,30)/t20-,21-/m1/s1. The lowest BCUT2D eigenvalue weighted by molar-refractivity contribution is -0.140. The van der Waals surface area contributed by atoms with Gasteiger partial charge in [-0.15, -0.1) is 0 Å². The minimum absolute atomic E-state index is 0.0278. The molecule has 1 N–H and O–H groups in total. The van der Waals surface area contributed by atoms with Crippen molar-refractivity contribution < 1.29 is 18.0 Å². The van der Waals surface area contributed by atoms with Crippen LogP contribution in [0.5, 0.6) is 0 Å². The number of rotatable bonds is 10. The zero-order valence-electron chi connectivity index (χ0n) is 20.3. The smallest absolute Gasteiger partial charge is 0.243 e. The Morgan fingerprint density at radius 1 is 1.00 bits per heavy atom. The molecule has 2 atom stereocenters. The van der Waals surface area contributed by atoms with E-state index in [2.05, 4.69) is 5.32 Å². The first-order valence-electron chi connectivity index (χ1n) is 11.1. The highest BCUT2D eigenvalue weighted by Crippen LogP contribution is 2.18. The van der Waals surface area contributed by atoms with Crippen LogP contribution in [0.15, 0.2) is 53.4 Å². The molecule has 8 heteroatoms. The summed E-state index contributed by atoms with van der Waals surface area (Å²) in [5, 5.41) is 2.92. The van der Waals surface area contributed by atoms with Crippen LogP contribution in [0.1, 0.15) is 43.9 Å². The molecule has 0 saturated heterocycles. The molecule has 0 aliphatic rings. The van der Waals surface area contributed by atoms with Crippen LogP contribution in [0.2, 0.25) is 0 Å². The third kappa shape index (κ3) is 6.88. The maximum absolute atomic E-state index is 13.3. The summed E-state index contributed by atoms with van der Waals surface area (Å²) in [4.78, 5) is 27.7. The number of carbonyl (C=O) groups excluding carboxylic acids is 2. The Bertz CT molecular complexity index is 1070. The van der Waals surface area contributed by atoms with Crippen LogP contribution in [-0.2, 0) is 26.2 Å². The molecule has 0 aromatic heterocycles. The van der Waals surface area contributed by atoms with Crippen molar-refractivity contribution in [1.82, 2.24) is 14.5 Å². The lowest BCUT2D eigenvalue weighted by Gasteiger charge is -2.31. The van der Waals surface area contributed by atoms with Gasteiger partial charge in [0.2, 0.25) is 21.8 Å². The molecule has 2 aromatic carbocycles. The number of nitrogens with one attached hydrogen (secondary N) is 1. The summed E-state index contributed by atoms with van der Waals surface area (Å²) >= 11 is 0. The first-order valence-corrected chi connectivity index (χ1v) is 12.6. The molecule has 0 unspecified atom stereocenters. The van der Waals surface area contributed by atoms with E-state index in [4.69, 9.17) is 0 Å². The SMILES string of the molecule is CC[C@@H](C)NC(=O)[C@@H](C)N(Cc1ccccc1C)C(=O)CN(C)S(=O)(=O)c1ccc(C)cc1. The Hall–Kier alpha value is -2.71. The van der Waals surface area contributed by atoms with Crippen molar-refractivity contribution in [2.24, 2.45) is 0 Å². The first-order chi connectivity index (χ1) is 15.5. The third-order valence-corrected chi connectivity index (χ3v) is 7.67. The lowest BCUT2D eigenvalue weighted by Crippen LogP contribution is -2.52. The van der Waals surface area contributed by atoms with Gasteiger partial charge < -0.3 is 10.2 Å². The average molecular weight is 474 g/mol. The average Bonchev–Trinajstić information content (AvgIpc) is 2.78. The number of likely N-dealkylation sites (N-methyl/N-ethyl adjacent to an activating group) is 1. The highest BCUT2D eigenvalue weighted by molar-refractivity contribution is 7.89. The van der Waals surface area contributed by atoms with Gasteiger partial charge in [0.25, 0.3) is 0 Å². The molecule has 0 heterocycles. The van der Waals surface area contributed by atoms with Crippen LogP contribution in [0, 0.1) is 13.8 Å². The summed E-state index contributed by atoms with van der Waals surface area (Å²) in [7, 11) is -2.47. The molecule has 0 aliphatic heterocycles. The molecular weight excluding hydrogens is 438 g/mol. The van der Waals surface area contributed by atoms with E-state index in [1.165, 1.54) is 24.1 Å². The van der Waals surface area contributed by atoms with Crippen molar-refractivity contribution in [3.8, 4) is 0 Å². The summed E-state index contributed by atoms with van der Waals surface area (Å²) in [6.45, 7) is 9.19. The fourth-order valence-corrected chi connectivity index (χ4v) is 4.40. The fraction of sp³-hybridized carbons (Fsp3) is 0.440. The van der Waals surface area contributed by atoms with Crippen molar-refractivity contribution in [2.75, 3.05) is 13.6 Å². The highest BCUT2D eigenvalue weighted by Gasteiger charge is 2.30. The van der Waals surface area contributed by atoms with Crippen LogP contribution in [0.25, 0.3) is 0 Å². The third-order valence-electron chi connectivity index (χ3n) is 5.86. The predicted octanol–water partition coefficient (Wildman–Crippen LogP) is 3.26. The number of hydrogen-bond acceptors (Lipinski definition) is 4. The molecule has 0 radical (unpaired) electrons. The molecule has 0 bridgehead atoms. The van der Waals surface area contributed by atoms with Gasteiger partial charge in [-0.3, -0.25) is 9.59 Å². The monoisotopic (exact) mass is 473 g/mol. The van der Waals surface area contributed by atoms with E-state index in [9.17, 15) is 18.0 Å². The fourth-order valence-electron chi connectivity index (χ4n) is 3.28. The van der Waals surface area contributed by atoms with Crippen molar-refractivity contribution in [3.63, 3.8) is 0 Å². The van der Waals surface area contributed by atoms with E-state index >= 15 is 0 Å².